The number of rotatable bonds is 3. The fourth-order valence-electron chi connectivity index (χ4n) is 1.24. The van der Waals surface area contributed by atoms with Gasteiger partial charge in [0.05, 0.1) is 22.7 Å². The van der Waals surface area contributed by atoms with E-state index in [1.165, 1.54) is 11.3 Å². The van der Waals surface area contributed by atoms with Crippen molar-refractivity contribution in [3.8, 4) is 5.75 Å². The predicted octanol–water partition coefficient (Wildman–Crippen LogP) is 2.64. The average Bonchev–Trinajstić information content (AvgIpc) is 2.69. The third kappa shape index (κ3) is 2.33. The summed E-state index contributed by atoms with van der Waals surface area (Å²) in [5.41, 5.74) is 0.857. The first-order valence-electron chi connectivity index (χ1n) is 4.53. The van der Waals surface area contributed by atoms with Crippen LogP contribution in [0.5, 0.6) is 5.75 Å². The number of ether oxygens (including phenoxy) is 1. The first kappa shape index (κ1) is 11.3. The highest BCUT2D eigenvalue weighted by molar-refractivity contribution is 9.09. The standard InChI is InChI=1S/C10H9BrN2O2S/c1-15-6-2-3-7-8(4-6)16-10(12-7)13-9(14)5-11/h2-4H,5H2,1H3,(H,12,13,14). The van der Waals surface area contributed by atoms with Gasteiger partial charge < -0.3 is 10.1 Å². The number of hydrogen-bond acceptors (Lipinski definition) is 4. The number of hydrogen-bond donors (Lipinski definition) is 1. The van der Waals surface area contributed by atoms with E-state index in [0.29, 0.717) is 5.13 Å². The summed E-state index contributed by atoms with van der Waals surface area (Å²) in [7, 11) is 1.62. The van der Waals surface area contributed by atoms with Crippen molar-refractivity contribution in [3.05, 3.63) is 18.2 Å². The Hall–Kier alpha value is -1.14. The predicted molar refractivity (Wildman–Crippen MR) is 68.6 cm³/mol. The molecular weight excluding hydrogens is 292 g/mol. The Morgan fingerprint density at radius 1 is 1.62 bits per heavy atom. The molecule has 2 rings (SSSR count). The van der Waals surface area contributed by atoms with Gasteiger partial charge in [0.25, 0.3) is 0 Å². The van der Waals surface area contributed by atoms with Gasteiger partial charge in [-0.05, 0) is 18.2 Å². The Morgan fingerprint density at radius 2 is 2.44 bits per heavy atom. The van der Waals surface area contributed by atoms with Crippen LogP contribution in [0.4, 0.5) is 5.13 Å². The Bertz CT molecular complexity index is 527. The summed E-state index contributed by atoms with van der Waals surface area (Å²) in [6.45, 7) is 0. The molecule has 0 atom stereocenters. The van der Waals surface area contributed by atoms with E-state index in [9.17, 15) is 4.79 Å². The summed E-state index contributed by atoms with van der Waals surface area (Å²) in [5.74, 6) is 0.681. The molecule has 16 heavy (non-hydrogen) atoms. The molecular formula is C10H9BrN2O2S. The Balaban J connectivity index is 2.32. The number of alkyl halides is 1. The maximum absolute atomic E-state index is 11.2. The van der Waals surface area contributed by atoms with E-state index in [2.05, 4.69) is 26.2 Å². The molecule has 1 amide bonds. The summed E-state index contributed by atoms with van der Waals surface area (Å²) in [4.78, 5) is 15.5. The van der Waals surface area contributed by atoms with Crippen LogP contribution < -0.4 is 10.1 Å². The number of anilines is 1. The average molecular weight is 301 g/mol. The van der Waals surface area contributed by atoms with Crippen LogP contribution in [0.3, 0.4) is 0 Å². The molecule has 0 aliphatic heterocycles. The highest BCUT2D eigenvalue weighted by Crippen LogP contribution is 2.28. The zero-order valence-electron chi connectivity index (χ0n) is 8.49. The second-order valence-electron chi connectivity index (χ2n) is 3.03. The highest BCUT2D eigenvalue weighted by atomic mass is 79.9. The summed E-state index contributed by atoms with van der Waals surface area (Å²) in [6, 6.07) is 5.61. The maximum Gasteiger partial charge on any atom is 0.236 e. The van der Waals surface area contributed by atoms with Crippen LogP contribution in [-0.4, -0.2) is 23.3 Å². The molecule has 0 aliphatic carbocycles. The summed E-state index contributed by atoms with van der Waals surface area (Å²) in [5, 5.41) is 3.57. The minimum atomic E-state index is -0.106. The lowest BCUT2D eigenvalue weighted by atomic mass is 10.3. The highest BCUT2D eigenvalue weighted by Gasteiger charge is 2.07. The van der Waals surface area contributed by atoms with Crippen molar-refractivity contribution in [2.24, 2.45) is 0 Å². The minimum absolute atomic E-state index is 0.106. The van der Waals surface area contributed by atoms with Gasteiger partial charge in [-0.1, -0.05) is 27.3 Å². The van der Waals surface area contributed by atoms with Gasteiger partial charge >= 0.3 is 0 Å². The van der Waals surface area contributed by atoms with E-state index in [4.69, 9.17) is 4.74 Å². The van der Waals surface area contributed by atoms with Crippen molar-refractivity contribution >= 4 is 48.5 Å². The molecule has 1 heterocycles. The van der Waals surface area contributed by atoms with Crippen LogP contribution in [0.25, 0.3) is 10.2 Å². The summed E-state index contributed by atoms with van der Waals surface area (Å²) in [6.07, 6.45) is 0. The number of thiazole rings is 1. The molecule has 1 N–H and O–H groups in total. The van der Waals surface area contributed by atoms with Gasteiger partial charge in [0.1, 0.15) is 5.75 Å². The van der Waals surface area contributed by atoms with Crippen molar-refractivity contribution in [1.29, 1.82) is 0 Å². The molecule has 1 aromatic heterocycles. The van der Waals surface area contributed by atoms with E-state index in [1.54, 1.807) is 7.11 Å². The lowest BCUT2D eigenvalue weighted by molar-refractivity contribution is -0.113. The molecule has 0 spiro atoms. The molecule has 6 heteroatoms. The number of aromatic nitrogens is 1. The van der Waals surface area contributed by atoms with Crippen molar-refractivity contribution in [2.45, 2.75) is 0 Å². The van der Waals surface area contributed by atoms with Crippen LogP contribution in [0.15, 0.2) is 18.2 Å². The van der Waals surface area contributed by atoms with Gasteiger partial charge in [0.2, 0.25) is 5.91 Å². The number of nitrogens with zero attached hydrogens (tertiary/aromatic N) is 1. The van der Waals surface area contributed by atoms with Gasteiger partial charge in [-0.25, -0.2) is 4.98 Å². The third-order valence-corrected chi connectivity index (χ3v) is 3.41. The zero-order valence-corrected chi connectivity index (χ0v) is 10.9. The molecule has 0 aliphatic rings. The molecule has 0 bridgehead atoms. The second kappa shape index (κ2) is 4.80. The summed E-state index contributed by atoms with van der Waals surface area (Å²) >= 11 is 4.51. The molecule has 84 valence electrons. The SMILES string of the molecule is COc1ccc2nc(NC(=O)CBr)sc2c1. The van der Waals surface area contributed by atoms with Crippen molar-refractivity contribution < 1.29 is 9.53 Å². The number of amides is 1. The number of benzene rings is 1. The fraction of sp³-hybridized carbons (Fsp3) is 0.200. The van der Waals surface area contributed by atoms with E-state index in [0.717, 1.165) is 16.0 Å². The molecule has 0 fully saturated rings. The van der Waals surface area contributed by atoms with Gasteiger partial charge in [-0.15, -0.1) is 0 Å². The zero-order chi connectivity index (χ0) is 11.5. The third-order valence-electron chi connectivity index (χ3n) is 1.96. The number of methoxy groups -OCH3 is 1. The Kier molecular flexibility index (Phi) is 3.40. The number of fused-ring (bicyclic) bond motifs is 1. The molecule has 2 aromatic rings. The van der Waals surface area contributed by atoms with Gasteiger partial charge in [0.15, 0.2) is 5.13 Å². The van der Waals surface area contributed by atoms with Crippen LogP contribution in [0, 0.1) is 0 Å². The van der Waals surface area contributed by atoms with Gasteiger partial charge in [-0.3, -0.25) is 4.79 Å². The lowest BCUT2D eigenvalue weighted by Crippen LogP contribution is -2.11. The van der Waals surface area contributed by atoms with E-state index in [-0.39, 0.29) is 11.2 Å². The molecule has 4 nitrogen and oxygen atoms in total. The molecule has 0 saturated carbocycles. The van der Waals surface area contributed by atoms with Crippen LogP contribution in [0.2, 0.25) is 0 Å². The largest absolute Gasteiger partial charge is 0.497 e. The van der Waals surface area contributed by atoms with E-state index < -0.39 is 0 Å². The smallest absolute Gasteiger partial charge is 0.236 e. The van der Waals surface area contributed by atoms with Crippen molar-refractivity contribution in [1.82, 2.24) is 4.98 Å². The molecule has 0 unspecified atom stereocenters. The van der Waals surface area contributed by atoms with E-state index >= 15 is 0 Å². The van der Waals surface area contributed by atoms with Crippen LogP contribution >= 0.6 is 27.3 Å². The van der Waals surface area contributed by atoms with Crippen LogP contribution in [-0.2, 0) is 4.79 Å². The quantitative estimate of drug-likeness (QED) is 0.887. The number of halogens is 1. The Labute approximate surface area is 105 Å². The van der Waals surface area contributed by atoms with Crippen LogP contribution in [0.1, 0.15) is 0 Å². The number of carbonyl (C=O) groups excluding carboxylic acids is 1. The monoisotopic (exact) mass is 300 g/mol. The minimum Gasteiger partial charge on any atom is -0.497 e. The first-order chi connectivity index (χ1) is 7.72. The number of carbonyl (C=O) groups is 1. The summed E-state index contributed by atoms with van der Waals surface area (Å²) < 4.78 is 6.11. The fourth-order valence-corrected chi connectivity index (χ4v) is 2.29. The van der Waals surface area contributed by atoms with E-state index in [1.807, 2.05) is 18.2 Å². The Morgan fingerprint density at radius 3 is 3.12 bits per heavy atom. The topological polar surface area (TPSA) is 51.2 Å². The van der Waals surface area contributed by atoms with Crippen molar-refractivity contribution in [2.75, 3.05) is 17.8 Å². The lowest BCUT2D eigenvalue weighted by Gasteiger charge is -1.96. The molecule has 0 saturated heterocycles. The maximum atomic E-state index is 11.2. The molecule has 0 radical (unpaired) electrons. The second-order valence-corrected chi connectivity index (χ2v) is 4.63. The normalized spacial score (nSPS) is 10.4. The number of nitrogens with one attached hydrogen (secondary N) is 1. The van der Waals surface area contributed by atoms with Gasteiger partial charge in [0, 0.05) is 0 Å². The van der Waals surface area contributed by atoms with Crippen molar-refractivity contribution in [3.63, 3.8) is 0 Å². The first-order valence-corrected chi connectivity index (χ1v) is 6.47. The van der Waals surface area contributed by atoms with Gasteiger partial charge in [-0.2, -0.15) is 0 Å². The molecule has 1 aromatic carbocycles.